The number of amides is 2. The van der Waals surface area contributed by atoms with E-state index in [1.807, 2.05) is 30.3 Å². The van der Waals surface area contributed by atoms with Gasteiger partial charge in [0.05, 0.1) is 12.6 Å². The van der Waals surface area contributed by atoms with Crippen molar-refractivity contribution in [2.75, 3.05) is 19.8 Å². The number of ether oxygens (including phenoxy) is 2. The second kappa shape index (κ2) is 6.79. The number of nitrogens with one attached hydrogen (secondary N) is 1. The van der Waals surface area contributed by atoms with Gasteiger partial charge in [0.15, 0.2) is 0 Å². The molecule has 22 heavy (non-hydrogen) atoms. The predicted molar refractivity (Wildman–Crippen MR) is 79.1 cm³/mol. The molecule has 1 N–H and O–H groups in total. The Bertz CT molecular complexity index is 528. The zero-order valence-electron chi connectivity index (χ0n) is 12.4. The second-order valence-corrected chi connectivity index (χ2v) is 5.59. The van der Waals surface area contributed by atoms with Crippen LogP contribution in [0.4, 0.5) is 4.79 Å². The largest absolute Gasteiger partial charge is 0.447 e. The molecule has 1 unspecified atom stereocenters. The van der Waals surface area contributed by atoms with Crippen molar-refractivity contribution in [2.45, 2.75) is 31.5 Å². The first-order chi connectivity index (χ1) is 10.7. The van der Waals surface area contributed by atoms with Crippen LogP contribution in [0.3, 0.4) is 0 Å². The molecule has 2 heterocycles. The third-order valence-corrected chi connectivity index (χ3v) is 4.00. The maximum absolute atomic E-state index is 12.3. The molecule has 2 fully saturated rings. The molecule has 6 heteroatoms. The van der Waals surface area contributed by atoms with E-state index in [9.17, 15) is 9.59 Å². The Morgan fingerprint density at radius 1 is 1.32 bits per heavy atom. The number of carbonyl (C=O) groups is 2. The highest BCUT2D eigenvalue weighted by Gasteiger charge is 2.38. The molecule has 0 bridgehead atoms. The van der Waals surface area contributed by atoms with Crippen molar-refractivity contribution in [3.63, 3.8) is 0 Å². The molecular formula is C16H20N2O4. The average Bonchev–Trinajstić information content (AvgIpc) is 3.17. The molecule has 2 atom stereocenters. The van der Waals surface area contributed by atoms with Gasteiger partial charge in [0.1, 0.15) is 12.6 Å². The van der Waals surface area contributed by atoms with Gasteiger partial charge in [-0.15, -0.1) is 0 Å². The van der Waals surface area contributed by atoms with Gasteiger partial charge in [-0.2, -0.15) is 0 Å². The smallest absolute Gasteiger partial charge is 0.410 e. The Hall–Kier alpha value is -2.08. The van der Waals surface area contributed by atoms with Gasteiger partial charge >= 0.3 is 6.09 Å². The lowest BCUT2D eigenvalue weighted by molar-refractivity contribution is -0.125. The number of benzene rings is 1. The van der Waals surface area contributed by atoms with Gasteiger partial charge in [0.2, 0.25) is 5.91 Å². The van der Waals surface area contributed by atoms with Crippen molar-refractivity contribution < 1.29 is 19.1 Å². The maximum Gasteiger partial charge on any atom is 0.410 e. The van der Waals surface area contributed by atoms with E-state index in [-0.39, 0.29) is 18.6 Å². The lowest BCUT2D eigenvalue weighted by Crippen LogP contribution is -2.47. The molecule has 2 amide bonds. The van der Waals surface area contributed by atoms with Crippen LogP contribution in [-0.2, 0) is 20.8 Å². The molecule has 2 saturated heterocycles. The number of hydrogen-bond donors (Lipinski definition) is 1. The monoisotopic (exact) mass is 304 g/mol. The van der Waals surface area contributed by atoms with Crippen LogP contribution < -0.4 is 5.32 Å². The van der Waals surface area contributed by atoms with Gasteiger partial charge in [0.25, 0.3) is 0 Å². The Morgan fingerprint density at radius 3 is 2.86 bits per heavy atom. The summed E-state index contributed by atoms with van der Waals surface area (Å²) in [6.07, 6.45) is 1.64. The molecular weight excluding hydrogens is 284 g/mol. The SMILES string of the molecule is O=C(NCC1CCCO1)[C@@H]1COC(=O)N1Cc1ccccc1. The topological polar surface area (TPSA) is 67.9 Å². The summed E-state index contributed by atoms with van der Waals surface area (Å²) in [6, 6.07) is 9.00. The van der Waals surface area contributed by atoms with E-state index < -0.39 is 12.1 Å². The predicted octanol–water partition coefficient (Wildman–Crippen LogP) is 1.30. The van der Waals surface area contributed by atoms with Crippen LogP contribution in [0, 0.1) is 0 Å². The fourth-order valence-corrected chi connectivity index (χ4v) is 2.76. The van der Waals surface area contributed by atoms with Crippen LogP contribution in [0.5, 0.6) is 0 Å². The normalized spacial score (nSPS) is 24.4. The molecule has 0 aromatic heterocycles. The molecule has 0 spiro atoms. The van der Waals surface area contributed by atoms with Gasteiger partial charge in [-0.1, -0.05) is 30.3 Å². The summed E-state index contributed by atoms with van der Waals surface area (Å²) < 4.78 is 10.5. The Kier molecular flexibility index (Phi) is 4.58. The van der Waals surface area contributed by atoms with Crippen LogP contribution in [0.2, 0.25) is 0 Å². The molecule has 1 aromatic rings. The highest BCUT2D eigenvalue weighted by atomic mass is 16.6. The zero-order valence-corrected chi connectivity index (χ0v) is 12.4. The third kappa shape index (κ3) is 3.39. The molecule has 3 rings (SSSR count). The van der Waals surface area contributed by atoms with Gasteiger partial charge in [-0.25, -0.2) is 4.79 Å². The van der Waals surface area contributed by atoms with Crippen molar-refractivity contribution in [1.29, 1.82) is 0 Å². The first-order valence-electron chi connectivity index (χ1n) is 7.60. The van der Waals surface area contributed by atoms with Crippen molar-refractivity contribution in [3.05, 3.63) is 35.9 Å². The standard InChI is InChI=1S/C16H20N2O4/c19-15(17-9-13-7-4-8-21-13)14-11-22-16(20)18(14)10-12-5-2-1-3-6-12/h1-3,5-6,13-14H,4,7-11H2,(H,17,19)/t13?,14-/m0/s1. The van der Waals surface area contributed by atoms with E-state index in [2.05, 4.69) is 5.32 Å². The molecule has 6 nitrogen and oxygen atoms in total. The van der Waals surface area contributed by atoms with Crippen molar-refractivity contribution in [3.8, 4) is 0 Å². The molecule has 2 aliphatic heterocycles. The number of hydrogen-bond acceptors (Lipinski definition) is 4. The summed E-state index contributed by atoms with van der Waals surface area (Å²) in [7, 11) is 0. The summed E-state index contributed by atoms with van der Waals surface area (Å²) in [5.41, 5.74) is 0.971. The first-order valence-corrected chi connectivity index (χ1v) is 7.60. The Morgan fingerprint density at radius 2 is 2.14 bits per heavy atom. The Balaban J connectivity index is 1.58. The number of rotatable bonds is 5. The minimum Gasteiger partial charge on any atom is -0.447 e. The second-order valence-electron chi connectivity index (χ2n) is 5.59. The van der Waals surface area contributed by atoms with Crippen LogP contribution in [0.15, 0.2) is 30.3 Å². The van der Waals surface area contributed by atoms with Crippen molar-refractivity contribution in [1.82, 2.24) is 10.2 Å². The minimum atomic E-state index is -0.575. The summed E-state index contributed by atoms with van der Waals surface area (Å²) >= 11 is 0. The molecule has 0 aliphatic carbocycles. The Labute approximate surface area is 129 Å². The van der Waals surface area contributed by atoms with Crippen LogP contribution in [0.25, 0.3) is 0 Å². The summed E-state index contributed by atoms with van der Waals surface area (Å²) in [5, 5.41) is 2.87. The summed E-state index contributed by atoms with van der Waals surface area (Å²) in [4.78, 5) is 25.6. The molecule has 2 aliphatic rings. The molecule has 118 valence electrons. The molecule has 0 radical (unpaired) electrons. The van der Waals surface area contributed by atoms with Gasteiger partial charge in [-0.05, 0) is 18.4 Å². The van der Waals surface area contributed by atoms with E-state index in [1.54, 1.807) is 0 Å². The lowest BCUT2D eigenvalue weighted by atomic mass is 10.2. The summed E-state index contributed by atoms with van der Waals surface area (Å²) in [5.74, 6) is -0.183. The van der Waals surface area contributed by atoms with Gasteiger partial charge < -0.3 is 14.8 Å². The highest BCUT2D eigenvalue weighted by molar-refractivity contribution is 5.87. The third-order valence-electron chi connectivity index (χ3n) is 4.00. The molecule has 1 aromatic carbocycles. The van der Waals surface area contributed by atoms with Gasteiger partial charge in [0, 0.05) is 13.2 Å². The van der Waals surface area contributed by atoms with E-state index in [0.717, 1.165) is 25.0 Å². The maximum atomic E-state index is 12.3. The lowest BCUT2D eigenvalue weighted by Gasteiger charge is -2.21. The number of nitrogens with zero attached hydrogens (tertiary/aromatic N) is 1. The molecule has 0 saturated carbocycles. The number of carbonyl (C=O) groups excluding carboxylic acids is 2. The highest BCUT2D eigenvalue weighted by Crippen LogP contribution is 2.17. The van der Waals surface area contributed by atoms with Crippen LogP contribution >= 0.6 is 0 Å². The van der Waals surface area contributed by atoms with Crippen LogP contribution in [-0.4, -0.2) is 48.8 Å². The average molecular weight is 304 g/mol. The quantitative estimate of drug-likeness (QED) is 0.890. The fraction of sp³-hybridized carbons (Fsp3) is 0.500. The van der Waals surface area contributed by atoms with Gasteiger partial charge in [-0.3, -0.25) is 9.69 Å². The first kappa shape index (κ1) is 14.8. The number of cyclic esters (lactones) is 1. The van der Waals surface area contributed by atoms with Crippen molar-refractivity contribution in [2.24, 2.45) is 0 Å². The van der Waals surface area contributed by atoms with E-state index in [0.29, 0.717) is 13.1 Å². The van der Waals surface area contributed by atoms with Crippen molar-refractivity contribution >= 4 is 12.0 Å². The zero-order chi connectivity index (χ0) is 15.4. The van der Waals surface area contributed by atoms with Crippen LogP contribution in [0.1, 0.15) is 18.4 Å². The summed E-state index contributed by atoms with van der Waals surface area (Å²) in [6.45, 7) is 1.72. The minimum absolute atomic E-state index is 0.0875. The fourth-order valence-electron chi connectivity index (χ4n) is 2.76. The van der Waals surface area contributed by atoms with E-state index in [1.165, 1.54) is 4.90 Å². The van der Waals surface area contributed by atoms with E-state index >= 15 is 0 Å². The van der Waals surface area contributed by atoms with E-state index in [4.69, 9.17) is 9.47 Å².